The molecule has 0 radical (unpaired) electrons. The van der Waals surface area contributed by atoms with Crippen LogP contribution in [-0.2, 0) is 4.79 Å². The lowest BCUT2D eigenvalue weighted by Crippen LogP contribution is -2.45. The van der Waals surface area contributed by atoms with Crippen molar-refractivity contribution < 1.29 is 9.90 Å². The quantitative estimate of drug-likeness (QED) is 0.755. The Morgan fingerprint density at radius 3 is 2.05 bits per heavy atom. The van der Waals surface area contributed by atoms with Crippen molar-refractivity contribution in [3.63, 3.8) is 0 Å². The Balaban J connectivity index is 1.83. The molecule has 2 unspecified atom stereocenters. The first-order valence-electron chi connectivity index (χ1n) is 8.26. The summed E-state index contributed by atoms with van der Waals surface area (Å²) in [6, 6.07) is 0.000408. The van der Waals surface area contributed by atoms with Gasteiger partial charge in [-0.1, -0.05) is 51.4 Å². The van der Waals surface area contributed by atoms with Crippen LogP contribution in [0.4, 0.5) is 0 Å². The average molecular weight is 267 g/mol. The Morgan fingerprint density at radius 1 is 0.789 bits per heavy atom. The monoisotopic (exact) mass is 267 g/mol. The van der Waals surface area contributed by atoms with Gasteiger partial charge in [0.2, 0.25) is 5.91 Å². The number of hydrogen-bond acceptors (Lipinski definition) is 2. The van der Waals surface area contributed by atoms with Gasteiger partial charge in [0, 0.05) is 5.92 Å². The molecule has 1 amide bonds. The smallest absolute Gasteiger partial charge is 0.223 e. The van der Waals surface area contributed by atoms with Crippen molar-refractivity contribution >= 4 is 5.91 Å². The highest BCUT2D eigenvalue weighted by molar-refractivity contribution is 5.79. The maximum Gasteiger partial charge on any atom is 0.223 e. The third-order valence-corrected chi connectivity index (χ3v) is 4.78. The van der Waals surface area contributed by atoms with E-state index < -0.39 is 0 Å². The zero-order chi connectivity index (χ0) is 13.5. The Labute approximate surface area is 117 Å². The van der Waals surface area contributed by atoms with E-state index in [9.17, 15) is 9.90 Å². The predicted octanol–water partition coefficient (Wildman–Crippen LogP) is 3.16. The van der Waals surface area contributed by atoms with E-state index in [1.54, 1.807) is 0 Å². The van der Waals surface area contributed by atoms with Gasteiger partial charge in [0.05, 0.1) is 12.1 Å². The maximum absolute atomic E-state index is 12.4. The fourth-order valence-electron chi connectivity index (χ4n) is 3.48. The molecule has 0 aromatic heterocycles. The van der Waals surface area contributed by atoms with Crippen LogP contribution in [0.15, 0.2) is 0 Å². The number of rotatable bonds is 2. The second-order valence-electron chi connectivity index (χ2n) is 6.36. The Morgan fingerprint density at radius 2 is 1.32 bits per heavy atom. The van der Waals surface area contributed by atoms with Gasteiger partial charge < -0.3 is 10.4 Å². The molecule has 0 aromatic carbocycles. The third kappa shape index (κ3) is 4.79. The van der Waals surface area contributed by atoms with Gasteiger partial charge in [-0.25, -0.2) is 0 Å². The summed E-state index contributed by atoms with van der Waals surface area (Å²) in [5, 5.41) is 13.2. The molecule has 2 N–H and O–H groups in total. The van der Waals surface area contributed by atoms with Crippen LogP contribution in [-0.4, -0.2) is 23.2 Å². The largest absolute Gasteiger partial charge is 0.391 e. The molecule has 2 saturated carbocycles. The van der Waals surface area contributed by atoms with Crippen LogP contribution in [0.2, 0.25) is 0 Å². The molecule has 2 fully saturated rings. The van der Waals surface area contributed by atoms with Crippen LogP contribution >= 0.6 is 0 Å². The molecule has 0 aromatic rings. The lowest BCUT2D eigenvalue weighted by Gasteiger charge is -2.25. The number of nitrogens with one attached hydrogen (secondary N) is 1. The van der Waals surface area contributed by atoms with Crippen molar-refractivity contribution in [1.29, 1.82) is 0 Å². The molecule has 3 heteroatoms. The summed E-state index contributed by atoms with van der Waals surface area (Å²) in [5.74, 6) is 0.392. The summed E-state index contributed by atoms with van der Waals surface area (Å²) < 4.78 is 0. The van der Waals surface area contributed by atoms with Crippen molar-refractivity contribution in [2.45, 2.75) is 89.2 Å². The molecule has 110 valence electrons. The normalized spacial score (nSPS) is 31.0. The molecule has 2 aliphatic carbocycles. The molecular weight excluding hydrogens is 238 g/mol. The van der Waals surface area contributed by atoms with E-state index in [-0.39, 0.29) is 24.0 Å². The van der Waals surface area contributed by atoms with Crippen molar-refractivity contribution in [3.8, 4) is 0 Å². The predicted molar refractivity (Wildman–Crippen MR) is 76.8 cm³/mol. The van der Waals surface area contributed by atoms with Crippen molar-refractivity contribution in [1.82, 2.24) is 5.32 Å². The number of carbonyl (C=O) groups is 1. The molecule has 19 heavy (non-hydrogen) atoms. The van der Waals surface area contributed by atoms with E-state index in [1.165, 1.54) is 38.5 Å². The lowest BCUT2D eigenvalue weighted by atomic mass is 9.90. The second-order valence-corrected chi connectivity index (χ2v) is 6.36. The first kappa shape index (κ1) is 14.8. The molecule has 0 bridgehead atoms. The van der Waals surface area contributed by atoms with Crippen LogP contribution in [0.25, 0.3) is 0 Å². The molecule has 2 aliphatic rings. The standard InChI is InChI=1S/C16H29NO2/c18-15-12-8-4-7-11-14(15)17-16(19)13-9-5-2-1-3-6-10-13/h13-15,18H,1-12H2,(H,17,19). The van der Waals surface area contributed by atoms with Crippen LogP contribution in [0.5, 0.6) is 0 Å². The van der Waals surface area contributed by atoms with Gasteiger partial charge in [0.1, 0.15) is 0 Å². The van der Waals surface area contributed by atoms with Gasteiger partial charge in [0.15, 0.2) is 0 Å². The van der Waals surface area contributed by atoms with E-state index in [2.05, 4.69) is 5.32 Å². The van der Waals surface area contributed by atoms with Gasteiger partial charge in [-0.2, -0.15) is 0 Å². The van der Waals surface area contributed by atoms with Gasteiger partial charge >= 0.3 is 0 Å². The minimum atomic E-state index is -0.333. The van der Waals surface area contributed by atoms with E-state index >= 15 is 0 Å². The van der Waals surface area contributed by atoms with Gasteiger partial charge in [0.25, 0.3) is 0 Å². The highest BCUT2D eigenvalue weighted by atomic mass is 16.3. The van der Waals surface area contributed by atoms with Crippen molar-refractivity contribution in [2.24, 2.45) is 5.92 Å². The number of hydrogen-bond donors (Lipinski definition) is 2. The summed E-state index contributed by atoms with van der Waals surface area (Å²) in [6.07, 6.45) is 13.2. The highest BCUT2D eigenvalue weighted by Crippen LogP contribution is 2.24. The molecule has 2 rings (SSSR count). The fraction of sp³-hybridized carbons (Fsp3) is 0.938. The topological polar surface area (TPSA) is 49.3 Å². The highest BCUT2D eigenvalue weighted by Gasteiger charge is 2.26. The summed E-state index contributed by atoms with van der Waals surface area (Å²) >= 11 is 0. The zero-order valence-electron chi connectivity index (χ0n) is 12.1. The number of amides is 1. The van der Waals surface area contributed by atoms with Crippen LogP contribution < -0.4 is 5.32 Å². The summed E-state index contributed by atoms with van der Waals surface area (Å²) in [5.41, 5.74) is 0. The van der Waals surface area contributed by atoms with E-state index in [0.717, 1.165) is 38.5 Å². The zero-order valence-corrected chi connectivity index (χ0v) is 12.1. The maximum atomic E-state index is 12.4. The number of aliphatic hydroxyl groups excluding tert-OH is 1. The van der Waals surface area contributed by atoms with E-state index in [1.807, 2.05) is 0 Å². The minimum absolute atomic E-state index is 0.000408. The SMILES string of the molecule is O=C(NC1CCCCCC1O)C1CCCCCCC1. The average Bonchev–Trinajstić information content (AvgIpc) is 2.54. The summed E-state index contributed by atoms with van der Waals surface area (Å²) in [4.78, 5) is 12.4. The first-order valence-corrected chi connectivity index (χ1v) is 8.26. The number of carbonyl (C=O) groups excluding carboxylic acids is 1. The molecule has 0 saturated heterocycles. The lowest BCUT2D eigenvalue weighted by molar-refractivity contribution is -0.127. The van der Waals surface area contributed by atoms with Gasteiger partial charge in [-0.15, -0.1) is 0 Å². The van der Waals surface area contributed by atoms with Gasteiger partial charge in [-0.05, 0) is 25.7 Å². The molecular formula is C16H29NO2. The third-order valence-electron chi connectivity index (χ3n) is 4.78. The minimum Gasteiger partial charge on any atom is -0.391 e. The first-order chi connectivity index (χ1) is 9.27. The number of aliphatic hydroxyl groups is 1. The Kier molecular flexibility index (Phi) is 6.15. The Hall–Kier alpha value is -0.570. The summed E-state index contributed by atoms with van der Waals surface area (Å²) in [6.45, 7) is 0. The van der Waals surface area contributed by atoms with E-state index in [4.69, 9.17) is 0 Å². The van der Waals surface area contributed by atoms with Crippen LogP contribution in [0.3, 0.4) is 0 Å². The van der Waals surface area contributed by atoms with E-state index in [0.29, 0.717) is 0 Å². The summed E-state index contributed by atoms with van der Waals surface area (Å²) in [7, 11) is 0. The van der Waals surface area contributed by atoms with Crippen LogP contribution in [0, 0.1) is 5.92 Å². The fourth-order valence-corrected chi connectivity index (χ4v) is 3.48. The van der Waals surface area contributed by atoms with Crippen molar-refractivity contribution in [2.75, 3.05) is 0 Å². The van der Waals surface area contributed by atoms with Crippen molar-refractivity contribution in [3.05, 3.63) is 0 Å². The molecule has 0 heterocycles. The van der Waals surface area contributed by atoms with Crippen LogP contribution in [0.1, 0.15) is 77.0 Å². The molecule has 0 aliphatic heterocycles. The molecule has 3 nitrogen and oxygen atoms in total. The molecule has 0 spiro atoms. The molecule has 2 atom stereocenters. The Bertz CT molecular complexity index is 272. The van der Waals surface area contributed by atoms with Gasteiger partial charge in [-0.3, -0.25) is 4.79 Å². The second kappa shape index (κ2) is 7.88.